The number of nitrogens with one attached hydrogen (secondary N) is 2. The number of fused-ring (bicyclic) bond motifs is 1. The molecule has 0 fully saturated rings. The summed E-state index contributed by atoms with van der Waals surface area (Å²) in [5.41, 5.74) is 3.70. The first kappa shape index (κ1) is 22.6. The highest BCUT2D eigenvalue weighted by atomic mass is 16.6. The molecule has 2 aromatic heterocycles. The van der Waals surface area contributed by atoms with Gasteiger partial charge in [0.1, 0.15) is 12.3 Å². The highest BCUT2D eigenvalue weighted by molar-refractivity contribution is 6.07. The van der Waals surface area contributed by atoms with Gasteiger partial charge in [0, 0.05) is 48.7 Å². The molecule has 0 bridgehead atoms. The predicted molar refractivity (Wildman–Crippen MR) is 121 cm³/mol. The number of benzene rings is 1. The minimum Gasteiger partial charge on any atom is -0.460 e. The lowest BCUT2D eigenvalue weighted by Gasteiger charge is -2.11. The van der Waals surface area contributed by atoms with Crippen molar-refractivity contribution in [3.63, 3.8) is 0 Å². The number of amides is 1. The van der Waals surface area contributed by atoms with E-state index in [1.54, 1.807) is 21.0 Å². The van der Waals surface area contributed by atoms with E-state index < -0.39 is 5.97 Å². The third kappa shape index (κ3) is 5.15. The van der Waals surface area contributed by atoms with E-state index in [0.717, 1.165) is 24.0 Å². The monoisotopic (exact) mass is 426 g/mol. The van der Waals surface area contributed by atoms with Gasteiger partial charge in [-0.15, -0.1) is 0 Å². The molecule has 166 valence electrons. The van der Waals surface area contributed by atoms with Gasteiger partial charge in [-0.2, -0.15) is 0 Å². The molecule has 0 aliphatic heterocycles. The number of esters is 1. The Labute approximate surface area is 182 Å². The number of carbonyl (C=O) groups excluding carboxylic acids is 2. The second-order valence-electron chi connectivity index (χ2n) is 7.79. The zero-order valence-electron chi connectivity index (χ0n) is 18.7. The van der Waals surface area contributed by atoms with Crippen LogP contribution in [0, 0.1) is 13.8 Å². The molecular weight excluding hydrogens is 396 g/mol. The van der Waals surface area contributed by atoms with Crippen molar-refractivity contribution in [2.45, 2.75) is 20.4 Å². The number of ether oxygens (including phenoxy) is 2. The van der Waals surface area contributed by atoms with Crippen LogP contribution in [0.1, 0.15) is 32.1 Å². The summed E-state index contributed by atoms with van der Waals surface area (Å²) in [6, 6.07) is 7.88. The number of hydrogen-bond acceptors (Lipinski definition) is 5. The van der Waals surface area contributed by atoms with Crippen molar-refractivity contribution in [1.82, 2.24) is 14.5 Å². The van der Waals surface area contributed by atoms with Crippen molar-refractivity contribution in [2.24, 2.45) is 0 Å². The first-order chi connectivity index (χ1) is 14.8. The zero-order valence-corrected chi connectivity index (χ0v) is 18.7. The maximum absolute atomic E-state index is 12.9. The molecule has 8 nitrogen and oxygen atoms in total. The fourth-order valence-corrected chi connectivity index (χ4v) is 3.55. The number of carbonyl (C=O) groups is 2. The number of aromatic amines is 1. The molecule has 1 amide bonds. The van der Waals surface area contributed by atoms with Crippen LogP contribution in [0.15, 0.2) is 30.5 Å². The SMILES string of the molecule is COCCOC(=O)c1c(C)[nH]c(C(=O)Nc2ccc3c(ccn3CCN(C)C)c2)c1C. The Morgan fingerprint density at radius 2 is 1.94 bits per heavy atom. The molecule has 0 atom stereocenters. The number of anilines is 1. The fourth-order valence-electron chi connectivity index (χ4n) is 3.55. The van der Waals surface area contributed by atoms with Gasteiger partial charge in [-0.3, -0.25) is 4.79 Å². The van der Waals surface area contributed by atoms with E-state index in [9.17, 15) is 9.59 Å². The number of nitrogens with zero attached hydrogens (tertiary/aromatic N) is 2. The second-order valence-corrected chi connectivity index (χ2v) is 7.79. The molecule has 0 aliphatic rings. The number of hydrogen-bond donors (Lipinski definition) is 2. The molecule has 0 saturated heterocycles. The number of H-pyrrole nitrogens is 1. The lowest BCUT2D eigenvalue weighted by molar-refractivity contribution is 0.0387. The van der Waals surface area contributed by atoms with Crippen molar-refractivity contribution in [2.75, 3.05) is 46.3 Å². The van der Waals surface area contributed by atoms with Crippen LogP contribution in [-0.4, -0.2) is 67.3 Å². The summed E-state index contributed by atoms with van der Waals surface area (Å²) in [5, 5.41) is 3.98. The summed E-state index contributed by atoms with van der Waals surface area (Å²) < 4.78 is 12.3. The molecule has 3 aromatic rings. The van der Waals surface area contributed by atoms with E-state index in [4.69, 9.17) is 9.47 Å². The zero-order chi connectivity index (χ0) is 22.5. The summed E-state index contributed by atoms with van der Waals surface area (Å²) in [6.45, 7) is 5.81. The maximum Gasteiger partial charge on any atom is 0.340 e. The van der Waals surface area contributed by atoms with Crippen LogP contribution < -0.4 is 5.32 Å². The van der Waals surface area contributed by atoms with Gasteiger partial charge in [0.05, 0.1) is 12.2 Å². The summed E-state index contributed by atoms with van der Waals surface area (Å²) in [5.74, 6) is -0.772. The van der Waals surface area contributed by atoms with Gasteiger partial charge in [-0.25, -0.2) is 4.79 Å². The van der Waals surface area contributed by atoms with Crippen molar-refractivity contribution < 1.29 is 19.1 Å². The van der Waals surface area contributed by atoms with Crippen LogP contribution in [0.2, 0.25) is 0 Å². The average molecular weight is 427 g/mol. The van der Waals surface area contributed by atoms with Gasteiger partial charge in [0.15, 0.2) is 0 Å². The Bertz CT molecular complexity index is 1080. The predicted octanol–water partition coefficient (Wildman–Crippen LogP) is 3.20. The van der Waals surface area contributed by atoms with E-state index >= 15 is 0 Å². The molecule has 1 aromatic carbocycles. The fraction of sp³-hybridized carbons (Fsp3) is 0.391. The minimum absolute atomic E-state index is 0.162. The van der Waals surface area contributed by atoms with E-state index in [-0.39, 0.29) is 12.5 Å². The van der Waals surface area contributed by atoms with Gasteiger partial charge in [0.2, 0.25) is 0 Å². The van der Waals surface area contributed by atoms with E-state index in [1.165, 1.54) is 0 Å². The summed E-state index contributed by atoms with van der Waals surface area (Å²) >= 11 is 0. The normalized spacial score (nSPS) is 11.3. The molecule has 0 unspecified atom stereocenters. The molecule has 0 spiro atoms. The number of likely N-dealkylation sites (N-methyl/N-ethyl adjacent to an activating group) is 1. The third-order valence-corrected chi connectivity index (χ3v) is 5.21. The topological polar surface area (TPSA) is 88.6 Å². The van der Waals surface area contributed by atoms with Crippen LogP contribution in [0.4, 0.5) is 5.69 Å². The van der Waals surface area contributed by atoms with Crippen molar-refractivity contribution >= 4 is 28.5 Å². The summed E-state index contributed by atoms with van der Waals surface area (Å²) in [6.07, 6.45) is 2.06. The number of aryl methyl sites for hydroxylation is 1. The molecule has 31 heavy (non-hydrogen) atoms. The smallest absolute Gasteiger partial charge is 0.340 e. The number of methoxy groups -OCH3 is 1. The average Bonchev–Trinajstić information content (AvgIpc) is 3.26. The molecule has 2 heterocycles. The Morgan fingerprint density at radius 1 is 1.16 bits per heavy atom. The van der Waals surface area contributed by atoms with E-state index in [1.807, 2.05) is 38.4 Å². The number of aromatic nitrogens is 2. The van der Waals surface area contributed by atoms with E-state index in [2.05, 4.69) is 26.0 Å². The van der Waals surface area contributed by atoms with Crippen LogP contribution in [0.5, 0.6) is 0 Å². The highest BCUT2D eigenvalue weighted by Crippen LogP contribution is 2.23. The maximum atomic E-state index is 12.9. The number of rotatable bonds is 9. The Kier molecular flexibility index (Phi) is 7.14. The molecular formula is C23H30N4O4. The molecule has 0 aliphatic carbocycles. The van der Waals surface area contributed by atoms with E-state index in [0.29, 0.717) is 34.8 Å². The highest BCUT2D eigenvalue weighted by Gasteiger charge is 2.23. The summed E-state index contributed by atoms with van der Waals surface area (Å²) in [4.78, 5) is 30.4. The van der Waals surface area contributed by atoms with Crippen molar-refractivity contribution in [3.05, 3.63) is 53.0 Å². The third-order valence-electron chi connectivity index (χ3n) is 5.21. The Morgan fingerprint density at radius 3 is 2.65 bits per heavy atom. The van der Waals surface area contributed by atoms with Crippen LogP contribution in [-0.2, 0) is 16.0 Å². The van der Waals surface area contributed by atoms with Gasteiger partial charge in [0.25, 0.3) is 5.91 Å². The van der Waals surface area contributed by atoms with Crippen LogP contribution in [0.3, 0.4) is 0 Å². The molecule has 0 saturated carbocycles. The van der Waals surface area contributed by atoms with Gasteiger partial charge >= 0.3 is 5.97 Å². The quantitative estimate of drug-likeness (QED) is 0.405. The van der Waals surface area contributed by atoms with Gasteiger partial charge in [-0.05, 0) is 57.8 Å². The largest absolute Gasteiger partial charge is 0.460 e. The molecule has 3 rings (SSSR count). The minimum atomic E-state index is -0.470. The molecule has 8 heteroatoms. The Hall–Kier alpha value is -3.10. The standard InChI is InChI=1S/C23H30N4O4/c1-15-20(23(29)31-13-12-30-5)16(2)24-21(15)22(28)25-18-6-7-19-17(14-18)8-9-27(19)11-10-26(3)4/h6-9,14,24H,10-13H2,1-5H3,(H,25,28). The lowest BCUT2D eigenvalue weighted by Crippen LogP contribution is -2.17. The second kappa shape index (κ2) is 9.80. The first-order valence-corrected chi connectivity index (χ1v) is 10.2. The first-order valence-electron chi connectivity index (χ1n) is 10.2. The van der Waals surface area contributed by atoms with Crippen molar-refractivity contribution in [1.29, 1.82) is 0 Å². The molecule has 2 N–H and O–H groups in total. The van der Waals surface area contributed by atoms with Crippen LogP contribution >= 0.6 is 0 Å². The lowest BCUT2D eigenvalue weighted by atomic mass is 10.1. The van der Waals surface area contributed by atoms with Gasteiger partial charge < -0.3 is 29.2 Å². The van der Waals surface area contributed by atoms with Gasteiger partial charge in [-0.1, -0.05) is 0 Å². The Balaban J connectivity index is 1.75. The van der Waals surface area contributed by atoms with Crippen molar-refractivity contribution in [3.8, 4) is 0 Å². The summed E-state index contributed by atoms with van der Waals surface area (Å²) in [7, 11) is 5.64. The van der Waals surface area contributed by atoms with Crippen LogP contribution in [0.25, 0.3) is 10.9 Å². The molecule has 0 radical (unpaired) electrons.